The average molecular weight is 468 g/mol. The molecule has 2 atom stereocenters. The lowest BCUT2D eigenvalue weighted by atomic mass is 9.98. The molecule has 0 fully saturated rings. The van der Waals surface area contributed by atoms with Gasteiger partial charge in [-0.1, -0.05) is 50.6 Å². The maximum Gasteiger partial charge on any atom is 0.349 e. The van der Waals surface area contributed by atoms with Crippen LogP contribution in [0, 0.1) is 11.8 Å². The summed E-state index contributed by atoms with van der Waals surface area (Å²) in [5.41, 5.74) is 0.811. The highest BCUT2D eigenvalue weighted by Crippen LogP contribution is 2.20. The van der Waals surface area contributed by atoms with E-state index in [9.17, 15) is 24.4 Å². The molecule has 1 rings (SSSR count). The van der Waals surface area contributed by atoms with E-state index in [2.05, 4.69) is 15.4 Å². The van der Waals surface area contributed by atoms with E-state index in [1.807, 2.05) is 44.2 Å². The Hall–Kier alpha value is -2.59. The van der Waals surface area contributed by atoms with E-state index in [1.165, 1.54) is 25.9 Å². The number of rotatable bonds is 12. The van der Waals surface area contributed by atoms with Crippen molar-refractivity contribution in [3.63, 3.8) is 0 Å². The number of likely N-dealkylation sites (N-methyl/N-ethyl adjacent to an activating group) is 1. The van der Waals surface area contributed by atoms with Crippen molar-refractivity contribution in [3.8, 4) is 0 Å². The van der Waals surface area contributed by atoms with Gasteiger partial charge in [0, 0.05) is 25.1 Å². The van der Waals surface area contributed by atoms with Crippen molar-refractivity contribution in [2.45, 2.75) is 39.2 Å². The molecule has 3 N–H and O–H groups in total. The lowest BCUT2D eigenvalue weighted by Crippen LogP contribution is -2.53. The van der Waals surface area contributed by atoms with Gasteiger partial charge in [0.1, 0.15) is 6.04 Å². The van der Waals surface area contributed by atoms with Gasteiger partial charge in [0.2, 0.25) is 5.91 Å². The third-order valence-electron chi connectivity index (χ3n) is 4.75. The predicted molar refractivity (Wildman–Crippen MR) is 122 cm³/mol. The molecule has 32 heavy (non-hydrogen) atoms. The summed E-state index contributed by atoms with van der Waals surface area (Å²) in [5, 5.41) is 15.2. The van der Waals surface area contributed by atoms with Gasteiger partial charge in [-0.2, -0.15) is 0 Å². The topological polar surface area (TPSA) is 125 Å². The van der Waals surface area contributed by atoms with Crippen LogP contribution >= 0.6 is 11.8 Å². The SMILES string of the molecule is CNC(=O)[C@H](Cc1ccccc1)NC(=O)N(O)C(=O)[C@H](CCC(C)C)CSCC(=O)OC. The number of hydroxylamine groups is 2. The average Bonchev–Trinajstić information content (AvgIpc) is 2.79. The summed E-state index contributed by atoms with van der Waals surface area (Å²) < 4.78 is 4.60. The highest BCUT2D eigenvalue weighted by Gasteiger charge is 2.31. The molecule has 10 heteroatoms. The molecule has 0 aliphatic heterocycles. The highest BCUT2D eigenvalue weighted by atomic mass is 32.2. The second kappa shape index (κ2) is 14.5. The summed E-state index contributed by atoms with van der Waals surface area (Å²) in [7, 11) is 2.72. The molecule has 0 unspecified atom stereocenters. The molecule has 178 valence electrons. The Bertz CT molecular complexity index is 759. The molecule has 0 spiro atoms. The Labute approximate surface area is 193 Å². The van der Waals surface area contributed by atoms with Gasteiger partial charge in [0.15, 0.2) is 0 Å². The molecule has 4 amide bonds. The van der Waals surface area contributed by atoms with E-state index in [4.69, 9.17) is 0 Å². The number of carbonyl (C=O) groups is 4. The Morgan fingerprint density at radius 2 is 1.78 bits per heavy atom. The van der Waals surface area contributed by atoms with Crippen LogP contribution in [0.15, 0.2) is 30.3 Å². The number of methoxy groups -OCH3 is 1. The standard InChI is InChI=1S/C22H33N3O6S/c1-15(2)10-11-17(13-32-14-19(26)31-4)21(28)25(30)22(29)24-18(20(27)23-3)12-16-8-6-5-7-9-16/h5-9,15,17-18,30H,10-14H2,1-4H3,(H,23,27)(H,24,29)/t17-,18+/m1/s1. The van der Waals surface area contributed by atoms with Crippen LogP contribution in [0.4, 0.5) is 4.79 Å². The first kappa shape index (κ1) is 27.4. The minimum Gasteiger partial charge on any atom is -0.468 e. The van der Waals surface area contributed by atoms with Crippen LogP contribution in [0.25, 0.3) is 0 Å². The summed E-state index contributed by atoms with van der Waals surface area (Å²) in [4.78, 5) is 48.9. The van der Waals surface area contributed by atoms with Crippen molar-refractivity contribution in [1.82, 2.24) is 15.7 Å². The van der Waals surface area contributed by atoms with Crippen LogP contribution in [0.2, 0.25) is 0 Å². The zero-order chi connectivity index (χ0) is 24.1. The maximum atomic E-state index is 12.8. The summed E-state index contributed by atoms with van der Waals surface area (Å²) in [6, 6.07) is 7.03. The number of ether oxygens (including phenoxy) is 1. The Morgan fingerprint density at radius 3 is 2.34 bits per heavy atom. The predicted octanol–water partition coefficient (Wildman–Crippen LogP) is 2.23. The van der Waals surface area contributed by atoms with E-state index in [0.29, 0.717) is 18.8 Å². The number of imide groups is 1. The van der Waals surface area contributed by atoms with Crippen LogP contribution in [0.3, 0.4) is 0 Å². The first-order chi connectivity index (χ1) is 15.2. The zero-order valence-corrected chi connectivity index (χ0v) is 19.8. The fourth-order valence-corrected chi connectivity index (χ4v) is 3.87. The van der Waals surface area contributed by atoms with Crippen LogP contribution in [0.1, 0.15) is 32.3 Å². The second-order valence-corrected chi connectivity index (χ2v) is 8.75. The van der Waals surface area contributed by atoms with Gasteiger partial charge in [-0.15, -0.1) is 16.8 Å². The van der Waals surface area contributed by atoms with Gasteiger partial charge in [-0.25, -0.2) is 4.79 Å². The van der Waals surface area contributed by atoms with Crippen molar-refractivity contribution < 1.29 is 29.1 Å². The molecule has 0 bridgehead atoms. The molecule has 1 aromatic rings. The van der Waals surface area contributed by atoms with Gasteiger partial charge in [-0.05, 0) is 17.9 Å². The van der Waals surface area contributed by atoms with Crippen molar-refractivity contribution in [2.24, 2.45) is 11.8 Å². The Kier molecular flexibility index (Phi) is 12.4. The van der Waals surface area contributed by atoms with Crippen molar-refractivity contribution in [2.75, 3.05) is 25.7 Å². The molecule has 0 saturated heterocycles. The summed E-state index contributed by atoms with van der Waals surface area (Å²) in [5.74, 6) is -1.69. The quantitative estimate of drug-likeness (QED) is 0.245. The zero-order valence-electron chi connectivity index (χ0n) is 19.0. The smallest absolute Gasteiger partial charge is 0.349 e. The number of nitrogens with one attached hydrogen (secondary N) is 2. The minimum absolute atomic E-state index is 0.0324. The maximum absolute atomic E-state index is 12.8. The molecule has 0 saturated carbocycles. The lowest BCUT2D eigenvalue weighted by molar-refractivity contribution is -0.157. The number of amides is 4. The van der Waals surface area contributed by atoms with Crippen LogP contribution in [-0.4, -0.2) is 65.8 Å². The van der Waals surface area contributed by atoms with Gasteiger partial charge in [0.25, 0.3) is 5.91 Å². The third kappa shape index (κ3) is 9.69. The van der Waals surface area contributed by atoms with Gasteiger partial charge >= 0.3 is 12.0 Å². The molecular formula is C22H33N3O6S. The summed E-state index contributed by atoms with van der Waals surface area (Å²) in [6.45, 7) is 4.01. The van der Waals surface area contributed by atoms with Gasteiger partial charge < -0.3 is 15.4 Å². The van der Waals surface area contributed by atoms with E-state index < -0.39 is 35.8 Å². The number of esters is 1. The Morgan fingerprint density at radius 1 is 1.12 bits per heavy atom. The molecule has 1 aromatic carbocycles. The third-order valence-corrected chi connectivity index (χ3v) is 5.83. The number of thioether (sulfide) groups is 1. The number of benzene rings is 1. The molecule has 9 nitrogen and oxygen atoms in total. The van der Waals surface area contributed by atoms with Gasteiger partial charge in [-0.3, -0.25) is 19.6 Å². The summed E-state index contributed by atoms with van der Waals surface area (Å²) >= 11 is 1.20. The number of hydrogen-bond acceptors (Lipinski definition) is 7. The first-order valence-electron chi connectivity index (χ1n) is 10.4. The van der Waals surface area contributed by atoms with Crippen LogP contribution in [-0.2, 0) is 25.5 Å². The number of hydrogen-bond donors (Lipinski definition) is 3. The van der Waals surface area contributed by atoms with Gasteiger partial charge in [0.05, 0.1) is 12.9 Å². The monoisotopic (exact) mass is 467 g/mol. The molecular weight excluding hydrogens is 434 g/mol. The second-order valence-electron chi connectivity index (χ2n) is 7.72. The van der Waals surface area contributed by atoms with E-state index in [-0.39, 0.29) is 23.0 Å². The molecule has 0 aliphatic rings. The van der Waals surface area contributed by atoms with E-state index in [0.717, 1.165) is 5.56 Å². The Balaban J connectivity index is 2.83. The molecule has 0 aromatic heterocycles. The van der Waals surface area contributed by atoms with Crippen molar-refractivity contribution in [1.29, 1.82) is 0 Å². The minimum atomic E-state index is -1.08. The number of nitrogens with zero attached hydrogens (tertiary/aromatic N) is 1. The highest BCUT2D eigenvalue weighted by molar-refractivity contribution is 7.99. The fourth-order valence-electron chi connectivity index (χ4n) is 2.87. The molecule has 0 radical (unpaired) electrons. The van der Waals surface area contributed by atoms with Crippen molar-refractivity contribution >= 4 is 35.6 Å². The lowest BCUT2D eigenvalue weighted by Gasteiger charge is -2.24. The van der Waals surface area contributed by atoms with Crippen molar-refractivity contribution in [3.05, 3.63) is 35.9 Å². The van der Waals surface area contributed by atoms with Crippen LogP contribution in [0.5, 0.6) is 0 Å². The molecule has 0 aliphatic carbocycles. The summed E-state index contributed by atoms with van der Waals surface area (Å²) in [6.07, 6.45) is 1.34. The molecule has 0 heterocycles. The van der Waals surface area contributed by atoms with E-state index >= 15 is 0 Å². The number of urea groups is 1. The van der Waals surface area contributed by atoms with Crippen LogP contribution < -0.4 is 10.6 Å². The normalized spacial score (nSPS) is 12.6. The first-order valence-corrected chi connectivity index (χ1v) is 11.6. The fraction of sp³-hybridized carbons (Fsp3) is 0.545. The number of carbonyl (C=O) groups excluding carboxylic acids is 4. The largest absolute Gasteiger partial charge is 0.468 e. The van der Waals surface area contributed by atoms with E-state index in [1.54, 1.807) is 0 Å².